The fourth-order valence-electron chi connectivity index (χ4n) is 3.70. The Hall–Kier alpha value is -0.910. The van der Waals surface area contributed by atoms with Crippen LogP contribution < -0.4 is 0 Å². The second-order valence-electron chi connectivity index (χ2n) is 9.30. The van der Waals surface area contributed by atoms with Gasteiger partial charge < -0.3 is 34.6 Å². The summed E-state index contributed by atoms with van der Waals surface area (Å²) in [7, 11) is 0. The average molecular weight is 523 g/mol. The van der Waals surface area contributed by atoms with E-state index in [1.165, 1.54) is 63.1 Å². The minimum atomic E-state index is -1.67. The number of thioether (sulfide) groups is 1. The van der Waals surface area contributed by atoms with Gasteiger partial charge in [0.1, 0.15) is 31.0 Å². The number of hydrogen-bond acceptors (Lipinski definition) is 10. The first kappa shape index (κ1) is 32.1. The summed E-state index contributed by atoms with van der Waals surface area (Å²) >= 11 is 1.45. The van der Waals surface area contributed by atoms with Crippen LogP contribution in [0.1, 0.15) is 84.5 Å². The predicted molar refractivity (Wildman–Crippen MR) is 134 cm³/mol. The molecule has 1 rings (SSSR count). The van der Waals surface area contributed by atoms with E-state index in [1.54, 1.807) is 6.92 Å². The Labute approximate surface area is 213 Å². The molecule has 1 fully saturated rings. The number of aliphatic hydroxyl groups is 4. The van der Waals surface area contributed by atoms with Gasteiger partial charge in [-0.2, -0.15) is 11.8 Å². The maximum absolute atomic E-state index is 12.1. The van der Waals surface area contributed by atoms with Crippen LogP contribution in [-0.4, -0.2) is 87.8 Å². The number of aliphatic hydroxyl groups excluding tert-OH is 4. The molecule has 0 aliphatic carbocycles. The molecule has 35 heavy (non-hydrogen) atoms. The fraction of sp³-hybridized carbons (Fsp3) is 0.920. The second-order valence-corrected chi connectivity index (χ2v) is 10.4. The molecule has 0 saturated carbocycles. The van der Waals surface area contributed by atoms with Gasteiger partial charge >= 0.3 is 11.9 Å². The molecule has 1 saturated heterocycles. The summed E-state index contributed by atoms with van der Waals surface area (Å²) in [5.74, 6) is -0.0321. The smallest absolute Gasteiger partial charge is 0.309 e. The van der Waals surface area contributed by atoms with Crippen molar-refractivity contribution in [2.75, 3.05) is 24.7 Å². The fourth-order valence-corrected chi connectivity index (χ4v) is 4.67. The van der Waals surface area contributed by atoms with Gasteiger partial charge in [-0.3, -0.25) is 9.59 Å². The predicted octanol–water partition coefficient (Wildman–Crippen LogP) is 2.55. The lowest BCUT2D eigenvalue weighted by molar-refractivity contribution is -0.287. The third-order valence-electron chi connectivity index (χ3n) is 6.06. The molecule has 0 bridgehead atoms. The van der Waals surface area contributed by atoms with Crippen LogP contribution in [0.15, 0.2) is 0 Å². The lowest BCUT2D eigenvalue weighted by Crippen LogP contribution is -2.58. The summed E-state index contributed by atoms with van der Waals surface area (Å²) in [5.41, 5.74) is 0. The summed E-state index contributed by atoms with van der Waals surface area (Å²) in [4.78, 5) is 24.0. The van der Waals surface area contributed by atoms with Gasteiger partial charge in [-0.25, -0.2) is 0 Å². The van der Waals surface area contributed by atoms with Crippen molar-refractivity contribution in [2.24, 2.45) is 5.92 Å². The highest BCUT2D eigenvalue weighted by Gasteiger charge is 2.43. The minimum Gasteiger partial charge on any atom is -0.465 e. The van der Waals surface area contributed by atoms with Gasteiger partial charge in [0.15, 0.2) is 6.29 Å². The molecule has 0 aromatic carbocycles. The van der Waals surface area contributed by atoms with E-state index in [9.17, 15) is 30.0 Å². The van der Waals surface area contributed by atoms with Crippen LogP contribution >= 0.6 is 11.8 Å². The molecule has 0 aromatic rings. The summed E-state index contributed by atoms with van der Waals surface area (Å²) in [6.45, 7) is 4.13. The van der Waals surface area contributed by atoms with Crippen molar-refractivity contribution in [2.45, 2.75) is 115 Å². The number of carbonyl (C=O) groups is 2. The largest absolute Gasteiger partial charge is 0.465 e. The van der Waals surface area contributed by atoms with E-state index in [4.69, 9.17) is 14.2 Å². The molecular formula is C25H46O9S. The van der Waals surface area contributed by atoms with E-state index < -0.39 is 36.7 Å². The molecule has 9 nitrogen and oxygen atoms in total. The summed E-state index contributed by atoms with van der Waals surface area (Å²) < 4.78 is 15.3. The molecule has 206 valence electrons. The van der Waals surface area contributed by atoms with Crippen LogP contribution in [0.3, 0.4) is 0 Å². The van der Waals surface area contributed by atoms with E-state index in [1.807, 2.05) is 0 Å². The molecule has 0 spiro atoms. The molecular weight excluding hydrogens is 476 g/mol. The highest BCUT2D eigenvalue weighted by molar-refractivity contribution is 7.99. The lowest BCUT2D eigenvalue weighted by atomic mass is 9.99. The van der Waals surface area contributed by atoms with Crippen LogP contribution in [0.2, 0.25) is 0 Å². The second kappa shape index (κ2) is 19.2. The zero-order valence-electron chi connectivity index (χ0n) is 21.3. The third kappa shape index (κ3) is 13.8. The SMILES string of the molecule is CCCCCCCCCCCCOC(=O)C(C)CSCCC(=O)OC[C@H]1OC(O)[C@@H](O)[C@@H](O)[C@@H]1O. The molecule has 1 heterocycles. The number of unbranched alkanes of at least 4 members (excludes halogenated alkanes) is 9. The zero-order chi connectivity index (χ0) is 26.1. The minimum absolute atomic E-state index is 0.0988. The first-order valence-electron chi connectivity index (χ1n) is 13.1. The number of esters is 2. The van der Waals surface area contributed by atoms with Crippen molar-refractivity contribution in [1.29, 1.82) is 0 Å². The number of ether oxygens (including phenoxy) is 3. The third-order valence-corrected chi connectivity index (χ3v) is 7.29. The van der Waals surface area contributed by atoms with Crippen molar-refractivity contribution in [3.8, 4) is 0 Å². The zero-order valence-corrected chi connectivity index (χ0v) is 22.1. The summed E-state index contributed by atoms with van der Waals surface area (Å²) in [6.07, 6.45) is 4.89. The monoisotopic (exact) mass is 522 g/mol. The molecule has 10 heteroatoms. The molecule has 4 N–H and O–H groups in total. The molecule has 0 amide bonds. The Morgan fingerprint density at radius 1 is 0.857 bits per heavy atom. The van der Waals surface area contributed by atoms with Gasteiger partial charge in [0.2, 0.25) is 0 Å². The van der Waals surface area contributed by atoms with Gasteiger partial charge in [0, 0.05) is 11.5 Å². The topological polar surface area (TPSA) is 143 Å². The summed E-state index contributed by atoms with van der Waals surface area (Å²) in [5, 5.41) is 38.4. The maximum Gasteiger partial charge on any atom is 0.309 e. The van der Waals surface area contributed by atoms with Crippen molar-refractivity contribution >= 4 is 23.7 Å². The summed E-state index contributed by atoms with van der Waals surface area (Å²) in [6, 6.07) is 0. The number of carbonyl (C=O) groups excluding carboxylic acids is 2. The Balaban J connectivity index is 2.01. The Morgan fingerprint density at radius 3 is 2.09 bits per heavy atom. The number of hydrogen-bond donors (Lipinski definition) is 4. The molecule has 6 atom stereocenters. The highest BCUT2D eigenvalue weighted by Crippen LogP contribution is 2.20. The van der Waals surface area contributed by atoms with E-state index in [2.05, 4.69) is 6.92 Å². The lowest BCUT2D eigenvalue weighted by Gasteiger charge is -2.37. The highest BCUT2D eigenvalue weighted by atomic mass is 32.2. The standard InChI is InChI=1S/C25H46O9S/c1-3-4-5-6-7-8-9-10-11-12-14-32-24(30)18(2)17-35-15-13-20(26)33-16-19-21(27)22(28)23(29)25(31)34-19/h18-19,21-23,25,27-29,31H,3-17H2,1-2H3/t18?,19-,21-,22+,23+,25?/m1/s1. The van der Waals surface area contributed by atoms with Crippen LogP contribution in [0.5, 0.6) is 0 Å². The average Bonchev–Trinajstić information content (AvgIpc) is 2.84. The van der Waals surface area contributed by atoms with Gasteiger partial charge in [0.25, 0.3) is 0 Å². The molecule has 1 aliphatic rings. The van der Waals surface area contributed by atoms with Crippen LogP contribution in [0.25, 0.3) is 0 Å². The van der Waals surface area contributed by atoms with E-state index in [0.29, 0.717) is 18.1 Å². The molecule has 2 unspecified atom stereocenters. The first-order chi connectivity index (χ1) is 16.8. The van der Waals surface area contributed by atoms with Gasteiger partial charge in [-0.15, -0.1) is 0 Å². The van der Waals surface area contributed by atoms with Crippen molar-refractivity contribution < 1.29 is 44.2 Å². The Bertz CT molecular complexity index is 577. The first-order valence-corrected chi connectivity index (χ1v) is 14.2. The van der Waals surface area contributed by atoms with Gasteiger partial charge in [-0.1, -0.05) is 71.6 Å². The van der Waals surface area contributed by atoms with Crippen molar-refractivity contribution in [3.63, 3.8) is 0 Å². The van der Waals surface area contributed by atoms with Crippen LogP contribution in [0.4, 0.5) is 0 Å². The van der Waals surface area contributed by atoms with Gasteiger partial charge in [-0.05, 0) is 6.42 Å². The Morgan fingerprint density at radius 2 is 1.46 bits per heavy atom. The van der Waals surface area contributed by atoms with E-state index in [-0.39, 0.29) is 24.9 Å². The quantitative estimate of drug-likeness (QED) is 0.148. The normalized spacial score (nSPS) is 25.3. The van der Waals surface area contributed by atoms with E-state index >= 15 is 0 Å². The number of rotatable bonds is 19. The Kier molecular flexibility index (Phi) is 17.7. The van der Waals surface area contributed by atoms with E-state index in [0.717, 1.165) is 12.8 Å². The van der Waals surface area contributed by atoms with Gasteiger partial charge in [0.05, 0.1) is 18.9 Å². The maximum atomic E-state index is 12.1. The van der Waals surface area contributed by atoms with Crippen molar-refractivity contribution in [3.05, 3.63) is 0 Å². The van der Waals surface area contributed by atoms with Crippen LogP contribution in [0, 0.1) is 5.92 Å². The molecule has 1 aliphatic heterocycles. The van der Waals surface area contributed by atoms with Crippen LogP contribution in [-0.2, 0) is 23.8 Å². The van der Waals surface area contributed by atoms with Crippen molar-refractivity contribution in [1.82, 2.24) is 0 Å². The molecule has 0 aromatic heterocycles. The molecule has 0 radical (unpaired) electrons.